The van der Waals surface area contributed by atoms with Gasteiger partial charge in [0.05, 0.1) is 4.91 Å². The Balaban J connectivity index is 1.69. The highest BCUT2D eigenvalue weighted by molar-refractivity contribution is 8.18. The van der Waals surface area contributed by atoms with Crippen LogP contribution in [0.3, 0.4) is 0 Å². The van der Waals surface area contributed by atoms with Crippen LogP contribution in [0.1, 0.15) is 12.5 Å². The Morgan fingerprint density at radius 3 is 2.31 bits per heavy atom. The second kappa shape index (κ2) is 8.74. The van der Waals surface area contributed by atoms with Crippen LogP contribution < -0.4 is 5.32 Å². The fourth-order valence-corrected chi connectivity index (χ4v) is 3.52. The molecule has 1 atom stereocenters. The number of aliphatic carboxylic acids is 1. The molecule has 1 unspecified atom stereocenters. The molecule has 2 N–H and O–H groups in total. The van der Waals surface area contributed by atoms with Gasteiger partial charge in [0.2, 0.25) is 5.91 Å². The van der Waals surface area contributed by atoms with E-state index in [1.165, 1.54) is 6.92 Å². The highest BCUT2D eigenvalue weighted by Gasteiger charge is 2.36. The number of carbonyl (C=O) groups is 4. The first-order valence-corrected chi connectivity index (χ1v) is 9.60. The Morgan fingerprint density at radius 1 is 1.07 bits per heavy atom. The van der Waals surface area contributed by atoms with Crippen LogP contribution in [-0.2, 0) is 14.4 Å². The SMILES string of the molecule is CC(NC(=O)CN1C(=O)S/C(=C\c2ccc(-c3ccccc3)cc2)C1=O)C(=O)O. The van der Waals surface area contributed by atoms with Crippen LogP contribution in [0.15, 0.2) is 59.5 Å². The van der Waals surface area contributed by atoms with E-state index in [9.17, 15) is 19.2 Å². The molecule has 3 rings (SSSR count). The van der Waals surface area contributed by atoms with Crippen molar-refractivity contribution in [3.8, 4) is 11.1 Å². The first kappa shape index (κ1) is 20.3. The van der Waals surface area contributed by atoms with Crippen molar-refractivity contribution in [2.75, 3.05) is 6.54 Å². The molecule has 7 nitrogen and oxygen atoms in total. The standard InChI is InChI=1S/C21H18N2O5S/c1-13(20(26)27)22-18(24)12-23-19(25)17(29-21(23)28)11-14-7-9-16(10-8-14)15-5-3-2-4-6-15/h2-11,13H,12H2,1H3,(H,22,24)(H,26,27)/b17-11-. The summed E-state index contributed by atoms with van der Waals surface area (Å²) in [7, 11) is 0. The molecule has 0 aliphatic carbocycles. The van der Waals surface area contributed by atoms with Gasteiger partial charge in [-0.3, -0.25) is 24.1 Å². The van der Waals surface area contributed by atoms with E-state index in [0.29, 0.717) is 0 Å². The summed E-state index contributed by atoms with van der Waals surface area (Å²) in [5.74, 6) is -2.49. The number of carbonyl (C=O) groups excluding carboxylic acids is 3. The Bertz CT molecular complexity index is 986. The van der Waals surface area contributed by atoms with Gasteiger partial charge in [0.1, 0.15) is 12.6 Å². The average Bonchev–Trinajstić information content (AvgIpc) is 2.96. The van der Waals surface area contributed by atoms with Gasteiger partial charge in [-0.25, -0.2) is 0 Å². The van der Waals surface area contributed by atoms with Crippen molar-refractivity contribution in [3.05, 3.63) is 65.1 Å². The third-order valence-electron chi connectivity index (χ3n) is 4.24. The first-order valence-electron chi connectivity index (χ1n) is 8.78. The highest BCUT2D eigenvalue weighted by atomic mass is 32.2. The van der Waals surface area contributed by atoms with E-state index >= 15 is 0 Å². The van der Waals surface area contributed by atoms with Crippen LogP contribution in [0, 0.1) is 0 Å². The number of carboxylic acid groups (broad SMARTS) is 1. The molecule has 1 fully saturated rings. The maximum absolute atomic E-state index is 12.5. The molecule has 8 heteroatoms. The molecule has 1 aliphatic rings. The van der Waals surface area contributed by atoms with Gasteiger partial charge in [-0.2, -0.15) is 0 Å². The summed E-state index contributed by atoms with van der Waals surface area (Å²) in [6.07, 6.45) is 1.59. The number of carboxylic acids is 1. The lowest BCUT2D eigenvalue weighted by Crippen LogP contribution is -2.45. The molecule has 0 aromatic heterocycles. The fraction of sp³-hybridized carbons (Fsp3) is 0.143. The summed E-state index contributed by atoms with van der Waals surface area (Å²) >= 11 is 0.747. The van der Waals surface area contributed by atoms with Crippen LogP contribution in [0.25, 0.3) is 17.2 Å². The van der Waals surface area contributed by atoms with Crippen LogP contribution in [-0.4, -0.2) is 45.6 Å². The summed E-state index contributed by atoms with van der Waals surface area (Å²) in [6.45, 7) is 0.777. The number of hydrogen-bond donors (Lipinski definition) is 2. The van der Waals surface area contributed by atoms with Crippen LogP contribution in [0.2, 0.25) is 0 Å². The highest BCUT2D eigenvalue weighted by Crippen LogP contribution is 2.32. The van der Waals surface area contributed by atoms with Gasteiger partial charge in [-0.15, -0.1) is 0 Å². The van der Waals surface area contributed by atoms with E-state index in [0.717, 1.165) is 33.4 Å². The summed E-state index contributed by atoms with van der Waals surface area (Å²) in [6, 6.07) is 16.3. The lowest BCUT2D eigenvalue weighted by atomic mass is 10.0. The van der Waals surface area contributed by atoms with Crippen molar-refractivity contribution in [2.45, 2.75) is 13.0 Å². The van der Waals surface area contributed by atoms with E-state index in [1.807, 2.05) is 54.6 Å². The molecule has 29 heavy (non-hydrogen) atoms. The normalized spacial score (nSPS) is 16.2. The van der Waals surface area contributed by atoms with Gasteiger partial charge in [-0.1, -0.05) is 54.6 Å². The maximum Gasteiger partial charge on any atom is 0.325 e. The quantitative estimate of drug-likeness (QED) is 0.710. The zero-order valence-corrected chi connectivity index (χ0v) is 16.3. The number of thioether (sulfide) groups is 1. The Hall–Kier alpha value is -3.39. The van der Waals surface area contributed by atoms with Gasteiger partial charge in [0.25, 0.3) is 11.1 Å². The van der Waals surface area contributed by atoms with Crippen molar-refractivity contribution in [3.63, 3.8) is 0 Å². The van der Waals surface area contributed by atoms with Crippen LogP contribution >= 0.6 is 11.8 Å². The monoisotopic (exact) mass is 410 g/mol. The minimum Gasteiger partial charge on any atom is -0.480 e. The minimum atomic E-state index is -1.20. The Kier molecular flexibility index (Phi) is 6.13. The van der Waals surface area contributed by atoms with Gasteiger partial charge >= 0.3 is 5.97 Å². The average molecular weight is 410 g/mol. The van der Waals surface area contributed by atoms with E-state index in [1.54, 1.807) is 6.08 Å². The van der Waals surface area contributed by atoms with E-state index < -0.39 is 35.6 Å². The van der Waals surface area contributed by atoms with Crippen molar-refractivity contribution in [1.29, 1.82) is 0 Å². The number of nitrogens with zero attached hydrogens (tertiary/aromatic N) is 1. The van der Waals surface area contributed by atoms with Crippen molar-refractivity contribution < 1.29 is 24.3 Å². The second-order valence-corrected chi connectivity index (χ2v) is 7.38. The lowest BCUT2D eigenvalue weighted by molar-refractivity contribution is -0.141. The van der Waals surface area contributed by atoms with E-state index in [-0.39, 0.29) is 4.91 Å². The molecule has 2 aromatic carbocycles. The zero-order chi connectivity index (χ0) is 21.0. The molecule has 0 radical (unpaired) electrons. The summed E-state index contributed by atoms with van der Waals surface area (Å²) in [4.78, 5) is 48.3. The molecule has 2 aromatic rings. The maximum atomic E-state index is 12.5. The van der Waals surface area contributed by atoms with Crippen molar-refractivity contribution >= 4 is 40.9 Å². The molecule has 3 amide bonds. The lowest BCUT2D eigenvalue weighted by Gasteiger charge is -2.14. The zero-order valence-electron chi connectivity index (χ0n) is 15.5. The number of amides is 3. The molecule has 1 heterocycles. The topological polar surface area (TPSA) is 104 Å². The number of benzene rings is 2. The number of nitrogens with one attached hydrogen (secondary N) is 1. The van der Waals surface area contributed by atoms with E-state index in [2.05, 4.69) is 5.32 Å². The van der Waals surface area contributed by atoms with Crippen molar-refractivity contribution in [1.82, 2.24) is 10.2 Å². The number of imide groups is 1. The van der Waals surface area contributed by atoms with E-state index in [4.69, 9.17) is 5.11 Å². The predicted molar refractivity (Wildman–Crippen MR) is 110 cm³/mol. The third kappa shape index (κ3) is 4.91. The number of rotatable bonds is 6. The molecular formula is C21H18N2O5S. The van der Waals surface area contributed by atoms with Gasteiger partial charge in [0.15, 0.2) is 0 Å². The first-order chi connectivity index (χ1) is 13.8. The minimum absolute atomic E-state index is 0.210. The largest absolute Gasteiger partial charge is 0.480 e. The van der Waals surface area contributed by atoms with Gasteiger partial charge in [0, 0.05) is 0 Å². The van der Waals surface area contributed by atoms with Gasteiger partial charge in [-0.05, 0) is 41.5 Å². The molecule has 0 bridgehead atoms. The Morgan fingerprint density at radius 2 is 1.69 bits per heavy atom. The van der Waals surface area contributed by atoms with Crippen LogP contribution in [0.5, 0.6) is 0 Å². The number of hydrogen-bond acceptors (Lipinski definition) is 5. The molecular weight excluding hydrogens is 392 g/mol. The second-order valence-electron chi connectivity index (χ2n) is 6.38. The van der Waals surface area contributed by atoms with Crippen LogP contribution in [0.4, 0.5) is 4.79 Å². The fourth-order valence-electron chi connectivity index (χ4n) is 2.68. The Labute approximate surface area is 171 Å². The molecule has 0 saturated carbocycles. The summed E-state index contributed by atoms with van der Waals surface area (Å²) < 4.78 is 0. The summed E-state index contributed by atoms with van der Waals surface area (Å²) in [5.41, 5.74) is 2.85. The molecule has 148 valence electrons. The smallest absolute Gasteiger partial charge is 0.325 e. The molecule has 1 aliphatic heterocycles. The molecule has 1 saturated heterocycles. The predicted octanol–water partition coefficient (Wildman–Crippen LogP) is 2.98. The van der Waals surface area contributed by atoms with Gasteiger partial charge < -0.3 is 10.4 Å². The third-order valence-corrected chi connectivity index (χ3v) is 5.15. The summed E-state index contributed by atoms with van der Waals surface area (Å²) in [5, 5.41) is 10.5. The van der Waals surface area contributed by atoms with Crippen molar-refractivity contribution in [2.24, 2.45) is 0 Å². The molecule has 0 spiro atoms.